The number of nitrogens with one attached hydrogen (secondary N) is 1. The normalized spacial score (nSPS) is 12.3. The summed E-state index contributed by atoms with van der Waals surface area (Å²) in [6, 6.07) is 9.59. The van der Waals surface area contributed by atoms with Crippen molar-refractivity contribution in [3.05, 3.63) is 41.7 Å². The molecule has 2 aromatic rings. The second kappa shape index (κ2) is 6.05. The SMILES string of the molecule is Cn1nnnc1C(CC(N)=O)NCc1ccccc1. The molecular formula is C12H16N6O. The van der Waals surface area contributed by atoms with Crippen LogP contribution in [0.3, 0.4) is 0 Å². The Bertz CT molecular complexity index is 538. The van der Waals surface area contributed by atoms with Gasteiger partial charge in [-0.25, -0.2) is 4.68 Å². The van der Waals surface area contributed by atoms with Crippen molar-refractivity contribution in [1.29, 1.82) is 0 Å². The number of aryl methyl sites for hydroxylation is 1. The van der Waals surface area contributed by atoms with Crippen molar-refractivity contribution in [2.24, 2.45) is 12.8 Å². The molecule has 0 aliphatic rings. The van der Waals surface area contributed by atoms with Crippen LogP contribution in [-0.4, -0.2) is 26.1 Å². The maximum Gasteiger partial charge on any atom is 0.219 e. The molecule has 1 aromatic carbocycles. The molecule has 0 bridgehead atoms. The molecule has 2 rings (SSSR count). The van der Waals surface area contributed by atoms with Crippen LogP contribution in [-0.2, 0) is 18.4 Å². The van der Waals surface area contributed by atoms with Crippen LogP contribution in [0.2, 0.25) is 0 Å². The summed E-state index contributed by atoms with van der Waals surface area (Å²) in [6.45, 7) is 0.617. The minimum Gasteiger partial charge on any atom is -0.370 e. The summed E-state index contributed by atoms with van der Waals surface area (Å²) in [4.78, 5) is 11.1. The zero-order chi connectivity index (χ0) is 13.7. The molecule has 7 nitrogen and oxygen atoms in total. The quantitative estimate of drug-likeness (QED) is 0.756. The number of hydrogen-bond acceptors (Lipinski definition) is 5. The van der Waals surface area contributed by atoms with Crippen molar-refractivity contribution in [3.8, 4) is 0 Å². The molecule has 1 amide bonds. The molecule has 19 heavy (non-hydrogen) atoms. The van der Waals surface area contributed by atoms with E-state index in [1.165, 1.54) is 4.68 Å². The largest absolute Gasteiger partial charge is 0.370 e. The van der Waals surface area contributed by atoms with Gasteiger partial charge in [0.1, 0.15) is 0 Å². The molecule has 3 N–H and O–H groups in total. The number of benzene rings is 1. The van der Waals surface area contributed by atoms with Crippen LogP contribution in [0.4, 0.5) is 0 Å². The summed E-state index contributed by atoms with van der Waals surface area (Å²) in [7, 11) is 1.73. The number of aromatic nitrogens is 4. The lowest BCUT2D eigenvalue weighted by Gasteiger charge is -2.15. The molecule has 1 heterocycles. The zero-order valence-electron chi connectivity index (χ0n) is 10.7. The summed E-state index contributed by atoms with van der Waals surface area (Å²) in [5.74, 6) is 0.197. The monoisotopic (exact) mass is 260 g/mol. The molecule has 100 valence electrons. The Hall–Kier alpha value is -2.28. The number of primary amides is 1. The summed E-state index contributed by atoms with van der Waals surface area (Å²) >= 11 is 0. The third-order valence-electron chi connectivity index (χ3n) is 2.77. The minimum absolute atomic E-state index is 0.154. The molecule has 0 radical (unpaired) electrons. The van der Waals surface area contributed by atoms with E-state index in [0.717, 1.165) is 5.56 Å². The van der Waals surface area contributed by atoms with Crippen molar-refractivity contribution in [1.82, 2.24) is 25.5 Å². The zero-order valence-corrected chi connectivity index (χ0v) is 10.7. The smallest absolute Gasteiger partial charge is 0.219 e. The summed E-state index contributed by atoms with van der Waals surface area (Å²) in [5.41, 5.74) is 6.38. The fourth-order valence-electron chi connectivity index (χ4n) is 1.82. The van der Waals surface area contributed by atoms with E-state index in [1.54, 1.807) is 7.05 Å². The van der Waals surface area contributed by atoms with E-state index >= 15 is 0 Å². The Morgan fingerprint density at radius 2 is 2.16 bits per heavy atom. The highest BCUT2D eigenvalue weighted by Crippen LogP contribution is 2.13. The Kier molecular flexibility index (Phi) is 4.19. The minimum atomic E-state index is -0.395. The topological polar surface area (TPSA) is 98.7 Å². The van der Waals surface area contributed by atoms with Crippen molar-refractivity contribution in [2.75, 3.05) is 0 Å². The first-order valence-electron chi connectivity index (χ1n) is 5.94. The van der Waals surface area contributed by atoms with Crippen LogP contribution < -0.4 is 11.1 Å². The number of nitrogens with zero attached hydrogens (tertiary/aromatic N) is 4. The van der Waals surface area contributed by atoms with Crippen molar-refractivity contribution < 1.29 is 4.79 Å². The van der Waals surface area contributed by atoms with Crippen LogP contribution in [0, 0.1) is 0 Å². The highest BCUT2D eigenvalue weighted by Gasteiger charge is 2.19. The van der Waals surface area contributed by atoms with Gasteiger partial charge < -0.3 is 11.1 Å². The molecule has 0 fully saturated rings. The van der Waals surface area contributed by atoms with Gasteiger partial charge in [0.25, 0.3) is 0 Å². The molecule has 1 atom stereocenters. The first-order valence-corrected chi connectivity index (χ1v) is 5.94. The molecule has 1 unspecified atom stereocenters. The van der Waals surface area contributed by atoms with Crippen LogP contribution in [0.15, 0.2) is 30.3 Å². The van der Waals surface area contributed by atoms with E-state index in [4.69, 9.17) is 5.73 Å². The third kappa shape index (κ3) is 3.59. The van der Waals surface area contributed by atoms with Crippen molar-refractivity contribution in [2.45, 2.75) is 19.0 Å². The fourth-order valence-corrected chi connectivity index (χ4v) is 1.82. The lowest BCUT2D eigenvalue weighted by Crippen LogP contribution is -2.28. The van der Waals surface area contributed by atoms with Gasteiger partial charge in [-0.2, -0.15) is 0 Å². The number of tetrazole rings is 1. The van der Waals surface area contributed by atoms with E-state index in [9.17, 15) is 4.79 Å². The standard InChI is InChI=1S/C12H16N6O/c1-18-12(15-16-17-18)10(7-11(13)19)14-8-9-5-3-2-4-6-9/h2-6,10,14H,7-8H2,1H3,(H2,13,19). The highest BCUT2D eigenvalue weighted by atomic mass is 16.1. The number of hydrogen-bond donors (Lipinski definition) is 2. The van der Waals surface area contributed by atoms with Gasteiger partial charge in [0.15, 0.2) is 5.82 Å². The Balaban J connectivity index is 2.07. The number of rotatable bonds is 6. The highest BCUT2D eigenvalue weighted by molar-refractivity contribution is 5.74. The second-order valence-electron chi connectivity index (χ2n) is 4.25. The van der Waals surface area contributed by atoms with Gasteiger partial charge in [-0.3, -0.25) is 4.79 Å². The molecule has 0 aliphatic heterocycles. The van der Waals surface area contributed by atoms with Crippen molar-refractivity contribution >= 4 is 5.91 Å². The average Bonchev–Trinajstić information content (AvgIpc) is 2.81. The lowest BCUT2D eigenvalue weighted by atomic mass is 10.1. The first kappa shape index (κ1) is 13.2. The fraction of sp³-hybridized carbons (Fsp3) is 0.333. The second-order valence-corrected chi connectivity index (χ2v) is 4.25. The first-order chi connectivity index (χ1) is 9.16. The summed E-state index contributed by atoms with van der Waals surface area (Å²) in [6.07, 6.45) is 0.154. The number of nitrogens with two attached hydrogens (primary N) is 1. The van der Waals surface area contributed by atoms with Gasteiger partial charge in [0, 0.05) is 20.0 Å². The third-order valence-corrected chi connectivity index (χ3v) is 2.77. The van der Waals surface area contributed by atoms with E-state index in [0.29, 0.717) is 12.4 Å². The maximum atomic E-state index is 11.1. The van der Waals surface area contributed by atoms with Crippen LogP contribution >= 0.6 is 0 Å². The van der Waals surface area contributed by atoms with Crippen molar-refractivity contribution in [3.63, 3.8) is 0 Å². The molecule has 1 aromatic heterocycles. The molecule has 0 saturated carbocycles. The van der Waals surface area contributed by atoms with Gasteiger partial charge in [-0.15, -0.1) is 5.10 Å². The van der Waals surface area contributed by atoms with Crippen LogP contribution in [0.25, 0.3) is 0 Å². The summed E-state index contributed by atoms with van der Waals surface area (Å²) < 4.78 is 1.53. The molecule has 0 aliphatic carbocycles. The van der Waals surface area contributed by atoms with E-state index < -0.39 is 5.91 Å². The maximum absolute atomic E-state index is 11.1. The average molecular weight is 260 g/mol. The molecular weight excluding hydrogens is 244 g/mol. The number of carbonyl (C=O) groups is 1. The van der Waals surface area contributed by atoms with Gasteiger partial charge in [-0.1, -0.05) is 30.3 Å². The van der Waals surface area contributed by atoms with Crippen LogP contribution in [0.5, 0.6) is 0 Å². The van der Waals surface area contributed by atoms with Gasteiger partial charge in [0.2, 0.25) is 5.91 Å². The van der Waals surface area contributed by atoms with E-state index in [-0.39, 0.29) is 12.5 Å². The number of amides is 1. The van der Waals surface area contributed by atoms with Gasteiger partial charge in [0.05, 0.1) is 6.04 Å². The molecule has 0 saturated heterocycles. The van der Waals surface area contributed by atoms with E-state index in [1.807, 2.05) is 30.3 Å². The summed E-state index contributed by atoms with van der Waals surface area (Å²) in [5, 5.41) is 14.5. The van der Waals surface area contributed by atoms with E-state index in [2.05, 4.69) is 20.8 Å². The Labute approximate surface area is 110 Å². The van der Waals surface area contributed by atoms with Gasteiger partial charge >= 0.3 is 0 Å². The molecule has 7 heteroatoms. The van der Waals surface area contributed by atoms with Crippen LogP contribution in [0.1, 0.15) is 23.9 Å². The molecule has 0 spiro atoms. The Morgan fingerprint density at radius 1 is 1.42 bits per heavy atom. The lowest BCUT2D eigenvalue weighted by molar-refractivity contribution is -0.118. The van der Waals surface area contributed by atoms with Gasteiger partial charge in [-0.05, 0) is 16.0 Å². The number of carbonyl (C=O) groups excluding carboxylic acids is 1. The predicted octanol–water partition coefficient (Wildman–Crippen LogP) is -0.0836. The predicted molar refractivity (Wildman–Crippen MR) is 68.6 cm³/mol. The Morgan fingerprint density at radius 3 is 2.74 bits per heavy atom.